The molecule has 1 aromatic rings. The van der Waals surface area contributed by atoms with Crippen LogP contribution in [-0.4, -0.2) is 19.9 Å². The summed E-state index contributed by atoms with van der Waals surface area (Å²) in [4.78, 5) is 2.29. The smallest absolute Gasteiger partial charge is 0.118 e. The minimum Gasteiger partial charge on any atom is -0.361 e. The van der Waals surface area contributed by atoms with E-state index in [-0.39, 0.29) is 0 Å². The predicted molar refractivity (Wildman–Crippen MR) is 66.4 cm³/mol. The monoisotopic (exact) mass is 269 g/mol. The molecule has 0 unspecified atom stereocenters. The van der Waals surface area contributed by atoms with Crippen molar-refractivity contribution in [2.24, 2.45) is 0 Å². The summed E-state index contributed by atoms with van der Waals surface area (Å²) in [6.45, 7) is 6.97. The van der Waals surface area contributed by atoms with Crippen LogP contribution in [0, 0.1) is 13.8 Å². The van der Waals surface area contributed by atoms with E-state index in [0.717, 1.165) is 26.3 Å². The molecule has 2 rings (SSSR count). The van der Waals surface area contributed by atoms with Crippen LogP contribution in [0.5, 0.6) is 0 Å². The van der Waals surface area contributed by atoms with Gasteiger partial charge in [0.15, 0.2) is 0 Å². The van der Waals surface area contributed by atoms with Gasteiger partial charge in [0, 0.05) is 16.7 Å². The largest absolute Gasteiger partial charge is 0.361 e. The van der Waals surface area contributed by atoms with Crippen LogP contribution in [-0.2, 0) is 4.74 Å². The van der Waals surface area contributed by atoms with Gasteiger partial charge in [0.25, 0.3) is 0 Å². The average Bonchev–Trinajstić information content (AvgIpc) is 2.26. The van der Waals surface area contributed by atoms with Crippen LogP contribution in [0.15, 0.2) is 16.6 Å². The highest BCUT2D eigenvalue weighted by atomic mass is 79.9. The second-order valence-corrected chi connectivity index (χ2v) is 4.84. The molecule has 0 bridgehead atoms. The summed E-state index contributed by atoms with van der Waals surface area (Å²) in [5.41, 5.74) is 3.85. The van der Waals surface area contributed by atoms with Gasteiger partial charge in [-0.2, -0.15) is 0 Å². The van der Waals surface area contributed by atoms with Crippen LogP contribution in [0.3, 0.4) is 0 Å². The Bertz CT molecular complexity index is 336. The lowest BCUT2D eigenvalue weighted by Crippen LogP contribution is -2.33. The topological polar surface area (TPSA) is 12.5 Å². The lowest BCUT2D eigenvalue weighted by Gasteiger charge is -2.29. The number of hydrogen-bond donors (Lipinski definition) is 0. The molecule has 0 aromatic heterocycles. The van der Waals surface area contributed by atoms with Gasteiger partial charge in [0.2, 0.25) is 0 Å². The van der Waals surface area contributed by atoms with E-state index in [1.54, 1.807) is 0 Å². The first kappa shape index (κ1) is 11.0. The molecule has 0 N–H and O–H groups in total. The van der Waals surface area contributed by atoms with Gasteiger partial charge >= 0.3 is 0 Å². The van der Waals surface area contributed by atoms with Crippen molar-refractivity contribution in [2.75, 3.05) is 24.8 Å². The van der Waals surface area contributed by atoms with Crippen LogP contribution >= 0.6 is 15.9 Å². The van der Waals surface area contributed by atoms with Gasteiger partial charge in [0.1, 0.15) is 6.73 Å². The third-order valence-corrected chi connectivity index (χ3v) is 4.00. The lowest BCUT2D eigenvalue weighted by atomic mass is 10.1. The van der Waals surface area contributed by atoms with Crippen LogP contribution in [0.2, 0.25) is 0 Å². The Hall–Kier alpha value is -0.540. The molecule has 82 valence electrons. The summed E-state index contributed by atoms with van der Waals surface area (Å²) in [5.74, 6) is 0. The Morgan fingerprint density at radius 3 is 2.47 bits per heavy atom. The lowest BCUT2D eigenvalue weighted by molar-refractivity contribution is 0.107. The maximum Gasteiger partial charge on any atom is 0.118 e. The number of benzene rings is 1. The number of nitrogens with zero attached hydrogens (tertiary/aromatic N) is 1. The summed E-state index contributed by atoms with van der Waals surface area (Å²) < 4.78 is 6.67. The second-order valence-electron chi connectivity index (χ2n) is 4.05. The van der Waals surface area contributed by atoms with Gasteiger partial charge < -0.3 is 9.64 Å². The van der Waals surface area contributed by atoms with E-state index >= 15 is 0 Å². The van der Waals surface area contributed by atoms with Gasteiger partial charge in [-0.05, 0) is 43.5 Å². The summed E-state index contributed by atoms with van der Waals surface area (Å²) in [6, 6.07) is 4.43. The zero-order valence-electron chi connectivity index (χ0n) is 9.22. The summed E-state index contributed by atoms with van der Waals surface area (Å²) in [7, 11) is 0. The van der Waals surface area contributed by atoms with Crippen LogP contribution < -0.4 is 4.90 Å². The molecule has 1 aliphatic heterocycles. The van der Waals surface area contributed by atoms with Gasteiger partial charge in [-0.1, -0.05) is 15.9 Å². The first-order valence-electron chi connectivity index (χ1n) is 5.28. The van der Waals surface area contributed by atoms with Crippen LogP contribution in [0.25, 0.3) is 0 Å². The molecule has 0 atom stereocenters. The standard InChI is InChI=1S/C12H16BrNO/c1-9-6-11(7-10(2)12(9)13)14-4-3-5-15-8-14/h6-7H,3-5,8H2,1-2H3. The molecule has 1 heterocycles. The fraction of sp³-hybridized carbons (Fsp3) is 0.500. The molecule has 1 fully saturated rings. The van der Waals surface area contributed by atoms with E-state index in [1.807, 2.05) is 0 Å². The molecule has 0 amide bonds. The highest BCUT2D eigenvalue weighted by Crippen LogP contribution is 2.27. The van der Waals surface area contributed by atoms with E-state index in [9.17, 15) is 0 Å². The maximum atomic E-state index is 5.46. The molecular formula is C12H16BrNO. The highest BCUT2D eigenvalue weighted by Gasteiger charge is 2.12. The van der Waals surface area contributed by atoms with Crippen molar-refractivity contribution in [3.05, 3.63) is 27.7 Å². The maximum absolute atomic E-state index is 5.46. The third kappa shape index (κ3) is 2.34. The van der Waals surface area contributed by atoms with Gasteiger partial charge in [-0.3, -0.25) is 0 Å². The number of halogens is 1. The number of aryl methyl sites for hydroxylation is 2. The number of anilines is 1. The highest BCUT2D eigenvalue weighted by molar-refractivity contribution is 9.10. The van der Waals surface area contributed by atoms with Crippen molar-refractivity contribution in [1.29, 1.82) is 0 Å². The van der Waals surface area contributed by atoms with Gasteiger partial charge in [-0.15, -0.1) is 0 Å². The first-order chi connectivity index (χ1) is 7.18. The molecule has 15 heavy (non-hydrogen) atoms. The van der Waals surface area contributed by atoms with Crippen molar-refractivity contribution < 1.29 is 4.74 Å². The molecule has 3 heteroatoms. The van der Waals surface area contributed by atoms with E-state index in [2.05, 4.69) is 46.8 Å². The van der Waals surface area contributed by atoms with Gasteiger partial charge in [-0.25, -0.2) is 0 Å². The fourth-order valence-electron chi connectivity index (χ4n) is 1.91. The molecule has 0 radical (unpaired) electrons. The number of hydrogen-bond acceptors (Lipinski definition) is 2. The number of rotatable bonds is 1. The molecule has 1 aromatic carbocycles. The molecule has 1 aliphatic rings. The Morgan fingerprint density at radius 1 is 1.27 bits per heavy atom. The van der Waals surface area contributed by atoms with Crippen LogP contribution in [0.4, 0.5) is 5.69 Å². The number of ether oxygens (including phenoxy) is 1. The van der Waals surface area contributed by atoms with E-state index in [4.69, 9.17) is 4.74 Å². The molecule has 0 spiro atoms. The Kier molecular flexibility index (Phi) is 3.32. The van der Waals surface area contributed by atoms with E-state index in [0.29, 0.717) is 0 Å². The van der Waals surface area contributed by atoms with Gasteiger partial charge in [0.05, 0.1) is 6.61 Å². The van der Waals surface area contributed by atoms with Crippen molar-refractivity contribution in [1.82, 2.24) is 0 Å². The molecule has 0 saturated carbocycles. The normalized spacial score (nSPS) is 16.9. The molecule has 2 nitrogen and oxygen atoms in total. The predicted octanol–water partition coefficient (Wildman–Crippen LogP) is 3.25. The second kappa shape index (κ2) is 4.54. The fourth-order valence-corrected chi connectivity index (χ4v) is 2.13. The zero-order valence-corrected chi connectivity index (χ0v) is 10.8. The minimum absolute atomic E-state index is 0.723. The molecular weight excluding hydrogens is 254 g/mol. The summed E-state index contributed by atoms with van der Waals surface area (Å²) in [5, 5.41) is 0. The Morgan fingerprint density at radius 2 is 1.93 bits per heavy atom. The molecule has 1 saturated heterocycles. The summed E-state index contributed by atoms with van der Waals surface area (Å²) >= 11 is 3.59. The van der Waals surface area contributed by atoms with Crippen LogP contribution in [0.1, 0.15) is 17.5 Å². The summed E-state index contributed by atoms with van der Waals surface area (Å²) in [6.07, 6.45) is 1.12. The quantitative estimate of drug-likeness (QED) is 0.776. The minimum atomic E-state index is 0.723. The third-order valence-electron chi connectivity index (χ3n) is 2.75. The van der Waals surface area contributed by atoms with E-state index < -0.39 is 0 Å². The van der Waals surface area contributed by atoms with Crippen molar-refractivity contribution in [3.8, 4) is 0 Å². The zero-order chi connectivity index (χ0) is 10.8. The Balaban J connectivity index is 2.27. The first-order valence-corrected chi connectivity index (χ1v) is 6.07. The van der Waals surface area contributed by atoms with Crippen molar-refractivity contribution in [2.45, 2.75) is 20.3 Å². The average molecular weight is 270 g/mol. The molecule has 0 aliphatic carbocycles. The SMILES string of the molecule is Cc1cc(N2CCCOC2)cc(C)c1Br. The van der Waals surface area contributed by atoms with Crippen molar-refractivity contribution >= 4 is 21.6 Å². The Labute approximate surface area is 99.4 Å². The van der Waals surface area contributed by atoms with Crippen molar-refractivity contribution in [3.63, 3.8) is 0 Å². The van der Waals surface area contributed by atoms with E-state index in [1.165, 1.54) is 21.3 Å².